The van der Waals surface area contributed by atoms with Crippen molar-refractivity contribution < 1.29 is 9.53 Å². The maximum Gasteiger partial charge on any atom is 0.357 e. The highest BCUT2D eigenvalue weighted by Gasteiger charge is 2.15. The Morgan fingerprint density at radius 2 is 2.20 bits per heavy atom. The molecule has 20 heavy (non-hydrogen) atoms. The monoisotopic (exact) mass is 290 g/mol. The molecule has 1 aromatic heterocycles. The van der Waals surface area contributed by atoms with Gasteiger partial charge in [-0.3, -0.25) is 0 Å². The van der Waals surface area contributed by atoms with Crippen LogP contribution in [0.25, 0.3) is 0 Å². The highest BCUT2D eigenvalue weighted by molar-refractivity contribution is 7.15. The van der Waals surface area contributed by atoms with Crippen molar-refractivity contribution >= 4 is 22.4 Å². The first-order chi connectivity index (χ1) is 9.60. The van der Waals surface area contributed by atoms with Crippen molar-refractivity contribution in [1.82, 2.24) is 4.98 Å². The van der Waals surface area contributed by atoms with Crippen LogP contribution in [0.2, 0.25) is 0 Å². The van der Waals surface area contributed by atoms with Gasteiger partial charge in [-0.05, 0) is 25.8 Å². The van der Waals surface area contributed by atoms with E-state index < -0.39 is 0 Å². The number of esters is 1. The molecular formula is C15H18N2O2S. The summed E-state index contributed by atoms with van der Waals surface area (Å²) in [6.07, 6.45) is 0.924. The number of nitrogens with zero attached hydrogens (tertiary/aromatic N) is 1. The normalized spacial score (nSPS) is 10.3. The molecule has 0 fully saturated rings. The van der Waals surface area contributed by atoms with Crippen LogP contribution >= 0.6 is 11.3 Å². The number of hydrogen-bond donors (Lipinski definition) is 1. The number of ether oxygens (including phenoxy) is 1. The fourth-order valence-corrected chi connectivity index (χ4v) is 2.77. The first-order valence-electron chi connectivity index (χ1n) is 6.45. The molecule has 1 aromatic carbocycles. The molecule has 0 atom stereocenters. The number of carbonyl (C=O) groups excluding carboxylic acids is 1. The van der Waals surface area contributed by atoms with Gasteiger partial charge in [0, 0.05) is 11.4 Å². The molecular weight excluding hydrogens is 272 g/mol. The minimum atomic E-state index is -0.384. The Morgan fingerprint density at radius 3 is 2.90 bits per heavy atom. The second kappa shape index (κ2) is 6.52. The first-order valence-corrected chi connectivity index (χ1v) is 7.27. The first kappa shape index (κ1) is 14.5. The van der Waals surface area contributed by atoms with Crippen molar-refractivity contribution in [1.29, 1.82) is 0 Å². The average Bonchev–Trinajstić information content (AvgIpc) is 2.79. The van der Waals surface area contributed by atoms with Gasteiger partial charge in [-0.25, -0.2) is 9.78 Å². The standard InChI is InChI=1S/C15H18N2O2S/c1-10-5-4-6-12(9-10)7-8-16-15-17-13(11(2)20-15)14(18)19-3/h4-6,9H,7-8H2,1-3H3,(H,16,17). The molecule has 1 N–H and O–H groups in total. The largest absolute Gasteiger partial charge is 0.464 e. The summed E-state index contributed by atoms with van der Waals surface area (Å²) in [5.74, 6) is -0.384. The topological polar surface area (TPSA) is 51.2 Å². The lowest BCUT2D eigenvalue weighted by Crippen LogP contribution is -2.06. The Kier molecular flexibility index (Phi) is 4.74. The lowest BCUT2D eigenvalue weighted by molar-refractivity contribution is 0.0594. The van der Waals surface area contributed by atoms with Gasteiger partial charge in [0.05, 0.1) is 7.11 Å². The minimum Gasteiger partial charge on any atom is -0.464 e. The van der Waals surface area contributed by atoms with E-state index in [9.17, 15) is 4.79 Å². The third-order valence-corrected chi connectivity index (χ3v) is 3.88. The number of nitrogens with one attached hydrogen (secondary N) is 1. The van der Waals surface area contributed by atoms with Crippen LogP contribution in [0.4, 0.5) is 5.13 Å². The van der Waals surface area contributed by atoms with E-state index in [1.165, 1.54) is 29.6 Å². The summed E-state index contributed by atoms with van der Waals surface area (Å²) >= 11 is 1.47. The summed E-state index contributed by atoms with van der Waals surface area (Å²) in [4.78, 5) is 16.6. The van der Waals surface area contributed by atoms with Crippen LogP contribution in [0.5, 0.6) is 0 Å². The van der Waals surface area contributed by atoms with Gasteiger partial charge < -0.3 is 10.1 Å². The lowest BCUT2D eigenvalue weighted by Gasteiger charge is -2.03. The second-order valence-electron chi connectivity index (χ2n) is 4.58. The Balaban J connectivity index is 1.93. The Labute approximate surface area is 122 Å². The highest BCUT2D eigenvalue weighted by atomic mass is 32.1. The number of thiazole rings is 1. The zero-order chi connectivity index (χ0) is 14.5. The van der Waals surface area contributed by atoms with E-state index in [1.54, 1.807) is 0 Å². The fraction of sp³-hybridized carbons (Fsp3) is 0.333. The summed E-state index contributed by atoms with van der Waals surface area (Å²) in [6, 6.07) is 8.44. The maximum absolute atomic E-state index is 11.5. The van der Waals surface area contributed by atoms with Crippen LogP contribution in [0, 0.1) is 13.8 Å². The molecule has 0 saturated heterocycles. The Bertz CT molecular complexity index is 608. The van der Waals surface area contributed by atoms with E-state index in [0.717, 1.165) is 23.0 Å². The average molecular weight is 290 g/mol. The third-order valence-electron chi connectivity index (χ3n) is 2.95. The van der Waals surface area contributed by atoms with Gasteiger partial charge >= 0.3 is 5.97 Å². The molecule has 2 aromatic rings. The predicted molar refractivity (Wildman–Crippen MR) is 81.6 cm³/mol. The van der Waals surface area contributed by atoms with Gasteiger partial charge in [0.15, 0.2) is 10.8 Å². The van der Waals surface area contributed by atoms with Gasteiger partial charge in [0.25, 0.3) is 0 Å². The van der Waals surface area contributed by atoms with Gasteiger partial charge in [0.1, 0.15) is 0 Å². The van der Waals surface area contributed by atoms with Crippen LogP contribution in [0.1, 0.15) is 26.5 Å². The summed E-state index contributed by atoms with van der Waals surface area (Å²) in [5.41, 5.74) is 2.95. The van der Waals surface area contributed by atoms with Crippen molar-refractivity contribution in [2.75, 3.05) is 19.0 Å². The van der Waals surface area contributed by atoms with E-state index in [0.29, 0.717) is 5.69 Å². The number of benzene rings is 1. The van der Waals surface area contributed by atoms with Crippen LogP contribution in [-0.4, -0.2) is 24.6 Å². The van der Waals surface area contributed by atoms with Crippen LogP contribution < -0.4 is 5.32 Å². The molecule has 0 aliphatic rings. The van der Waals surface area contributed by atoms with Crippen LogP contribution in [0.3, 0.4) is 0 Å². The second-order valence-corrected chi connectivity index (χ2v) is 5.78. The summed E-state index contributed by atoms with van der Waals surface area (Å²) in [5, 5.41) is 4.01. The van der Waals surface area contributed by atoms with Crippen molar-refractivity contribution in [2.45, 2.75) is 20.3 Å². The number of rotatable bonds is 5. The Morgan fingerprint density at radius 1 is 1.40 bits per heavy atom. The molecule has 106 valence electrons. The fourth-order valence-electron chi connectivity index (χ4n) is 1.94. The van der Waals surface area contributed by atoms with E-state index in [-0.39, 0.29) is 5.97 Å². The van der Waals surface area contributed by atoms with E-state index in [4.69, 9.17) is 4.74 Å². The van der Waals surface area contributed by atoms with Crippen molar-refractivity contribution in [2.24, 2.45) is 0 Å². The zero-order valence-electron chi connectivity index (χ0n) is 11.9. The van der Waals surface area contributed by atoms with Crippen LogP contribution in [-0.2, 0) is 11.2 Å². The van der Waals surface area contributed by atoms with Crippen LogP contribution in [0.15, 0.2) is 24.3 Å². The number of hydrogen-bond acceptors (Lipinski definition) is 5. The van der Waals surface area contributed by atoms with E-state index >= 15 is 0 Å². The van der Waals surface area contributed by atoms with Crippen molar-refractivity contribution in [3.05, 3.63) is 46.0 Å². The molecule has 0 bridgehead atoms. The summed E-state index contributed by atoms with van der Waals surface area (Å²) < 4.78 is 4.69. The van der Waals surface area contributed by atoms with E-state index in [1.807, 2.05) is 6.92 Å². The minimum absolute atomic E-state index is 0.384. The molecule has 0 radical (unpaired) electrons. The highest BCUT2D eigenvalue weighted by Crippen LogP contribution is 2.22. The van der Waals surface area contributed by atoms with Crippen molar-refractivity contribution in [3.8, 4) is 0 Å². The zero-order valence-corrected chi connectivity index (χ0v) is 12.7. The number of carbonyl (C=O) groups is 1. The smallest absolute Gasteiger partial charge is 0.357 e. The molecule has 0 amide bonds. The molecule has 0 aliphatic heterocycles. The van der Waals surface area contributed by atoms with Gasteiger partial charge in [-0.15, -0.1) is 11.3 Å². The molecule has 1 heterocycles. The van der Waals surface area contributed by atoms with Gasteiger partial charge in [-0.2, -0.15) is 0 Å². The molecule has 4 nitrogen and oxygen atoms in total. The SMILES string of the molecule is COC(=O)c1nc(NCCc2cccc(C)c2)sc1C. The van der Waals surface area contributed by atoms with Gasteiger partial charge in [0.2, 0.25) is 0 Å². The summed E-state index contributed by atoms with van der Waals surface area (Å²) in [6.45, 7) is 4.75. The Hall–Kier alpha value is -1.88. The molecule has 0 spiro atoms. The number of aryl methyl sites for hydroxylation is 2. The molecule has 0 aliphatic carbocycles. The van der Waals surface area contributed by atoms with E-state index in [2.05, 4.69) is 41.5 Å². The lowest BCUT2D eigenvalue weighted by atomic mass is 10.1. The number of anilines is 1. The number of methoxy groups -OCH3 is 1. The number of aromatic nitrogens is 1. The summed E-state index contributed by atoms with van der Waals surface area (Å²) in [7, 11) is 1.37. The maximum atomic E-state index is 11.5. The quantitative estimate of drug-likeness (QED) is 0.859. The molecule has 5 heteroatoms. The molecule has 0 unspecified atom stereocenters. The molecule has 0 saturated carbocycles. The molecule has 2 rings (SSSR count). The van der Waals surface area contributed by atoms with Gasteiger partial charge in [-0.1, -0.05) is 29.8 Å². The third kappa shape index (κ3) is 3.57. The van der Waals surface area contributed by atoms with Crippen molar-refractivity contribution in [3.63, 3.8) is 0 Å². The predicted octanol–water partition coefficient (Wildman–Crippen LogP) is 3.20.